The lowest BCUT2D eigenvalue weighted by Crippen LogP contribution is -2.14. The first kappa shape index (κ1) is 21.9. The molecule has 0 aliphatic heterocycles. The molecule has 0 unspecified atom stereocenters. The number of nitrogens with one attached hydrogen (secondary N) is 1. The van der Waals surface area contributed by atoms with Crippen LogP contribution in [0.1, 0.15) is 76.7 Å². The molecule has 6 heteroatoms. The van der Waals surface area contributed by atoms with Gasteiger partial charge in [-0.1, -0.05) is 82.9 Å². The van der Waals surface area contributed by atoms with Gasteiger partial charge in [-0.15, -0.1) is 11.3 Å². The molecule has 4 nitrogen and oxygen atoms in total. The van der Waals surface area contributed by atoms with Gasteiger partial charge in [0.25, 0.3) is 10.0 Å². The summed E-state index contributed by atoms with van der Waals surface area (Å²) in [6.07, 6.45) is 15.2. The van der Waals surface area contributed by atoms with Crippen LogP contribution in [0, 0.1) is 0 Å². The van der Waals surface area contributed by atoms with Crippen LogP contribution >= 0.6 is 11.3 Å². The number of aryl methyl sites for hydroxylation is 1. The number of benzene rings is 1. The molecule has 0 saturated heterocycles. The van der Waals surface area contributed by atoms with Crippen LogP contribution in [0.15, 0.2) is 40.7 Å². The van der Waals surface area contributed by atoms with Crippen molar-refractivity contribution >= 4 is 26.5 Å². The second-order valence-corrected chi connectivity index (χ2v) is 9.53. The number of anilines is 1. The maximum absolute atomic E-state index is 12.7. The maximum atomic E-state index is 12.7. The minimum Gasteiger partial charge on any atom is -0.255 e. The molecule has 1 N–H and O–H groups in total. The van der Waals surface area contributed by atoms with Gasteiger partial charge in [0.15, 0.2) is 5.13 Å². The van der Waals surface area contributed by atoms with E-state index in [1.165, 1.54) is 62.7 Å². The molecule has 1 aromatic carbocycles. The molecule has 0 atom stereocenters. The molecule has 0 bridgehead atoms. The third kappa shape index (κ3) is 8.01. The largest absolute Gasteiger partial charge is 0.263 e. The van der Waals surface area contributed by atoms with Crippen molar-refractivity contribution in [1.29, 1.82) is 0 Å². The normalized spacial score (nSPS) is 11.6. The Morgan fingerprint density at radius 2 is 1.56 bits per heavy atom. The zero-order valence-corrected chi connectivity index (χ0v) is 18.0. The molecule has 1 heterocycles. The topological polar surface area (TPSA) is 59.1 Å². The van der Waals surface area contributed by atoms with Crippen molar-refractivity contribution in [1.82, 2.24) is 4.98 Å². The fraction of sp³-hybridized carbons (Fsp3) is 0.571. The first-order chi connectivity index (χ1) is 13.1. The lowest BCUT2D eigenvalue weighted by Gasteiger charge is -2.11. The van der Waals surface area contributed by atoms with Crippen LogP contribution in [0.4, 0.5) is 5.13 Å². The van der Waals surface area contributed by atoms with Crippen LogP contribution in [-0.2, 0) is 16.4 Å². The summed E-state index contributed by atoms with van der Waals surface area (Å²) in [6.45, 7) is 2.25. The predicted molar refractivity (Wildman–Crippen MR) is 115 cm³/mol. The molecule has 2 rings (SSSR count). The third-order valence-electron chi connectivity index (χ3n) is 4.72. The average Bonchev–Trinajstić information content (AvgIpc) is 3.16. The van der Waals surface area contributed by atoms with Crippen LogP contribution in [0.2, 0.25) is 0 Å². The van der Waals surface area contributed by atoms with Crippen LogP contribution in [0.25, 0.3) is 0 Å². The number of rotatable bonds is 14. The quantitative estimate of drug-likeness (QED) is 0.368. The summed E-state index contributed by atoms with van der Waals surface area (Å²) in [5.41, 5.74) is 0.890. The van der Waals surface area contributed by atoms with Crippen molar-refractivity contribution in [2.24, 2.45) is 0 Å². The zero-order valence-electron chi connectivity index (χ0n) is 16.3. The van der Waals surface area contributed by atoms with E-state index in [0.29, 0.717) is 10.0 Å². The number of hydrogen-bond acceptors (Lipinski definition) is 4. The summed E-state index contributed by atoms with van der Waals surface area (Å²) in [7, 11) is -3.58. The standard InChI is InChI=1S/C21H32N2O2S2/c1-2-3-4-5-6-7-8-9-10-11-14-19-15-12-13-16-20(19)27(24,25)23-21-22-17-18-26-21/h12-13,15-18H,2-11,14H2,1H3,(H,22,23). The molecule has 0 aliphatic carbocycles. The van der Waals surface area contributed by atoms with Crippen molar-refractivity contribution in [3.05, 3.63) is 41.4 Å². The number of nitrogens with zero attached hydrogens (tertiary/aromatic N) is 1. The molecule has 0 amide bonds. The van der Waals surface area contributed by atoms with E-state index in [2.05, 4.69) is 16.6 Å². The molecule has 0 spiro atoms. The van der Waals surface area contributed by atoms with E-state index in [4.69, 9.17) is 0 Å². The number of unbranched alkanes of at least 4 members (excludes halogenated alkanes) is 9. The summed E-state index contributed by atoms with van der Waals surface area (Å²) in [5.74, 6) is 0. The number of thiazole rings is 1. The van der Waals surface area contributed by atoms with Gasteiger partial charge < -0.3 is 0 Å². The Bertz CT molecular complexity index is 743. The molecular formula is C21H32N2O2S2. The zero-order chi connectivity index (χ0) is 19.4. The molecule has 0 saturated carbocycles. The molecule has 27 heavy (non-hydrogen) atoms. The van der Waals surface area contributed by atoms with E-state index in [9.17, 15) is 8.42 Å². The van der Waals surface area contributed by atoms with Gasteiger partial charge in [-0.25, -0.2) is 13.4 Å². The highest BCUT2D eigenvalue weighted by molar-refractivity contribution is 7.93. The van der Waals surface area contributed by atoms with Crippen LogP contribution in [0.5, 0.6) is 0 Å². The number of hydrogen-bond donors (Lipinski definition) is 1. The minimum absolute atomic E-state index is 0.371. The molecule has 150 valence electrons. The van der Waals surface area contributed by atoms with Crippen LogP contribution in [0.3, 0.4) is 0 Å². The molecule has 0 radical (unpaired) electrons. The predicted octanol–water partition coefficient (Wildman–Crippen LogP) is 6.41. The van der Waals surface area contributed by atoms with Gasteiger partial charge in [-0.05, 0) is 24.5 Å². The lowest BCUT2D eigenvalue weighted by molar-refractivity contribution is 0.555. The van der Waals surface area contributed by atoms with Gasteiger partial charge in [0.2, 0.25) is 0 Å². The van der Waals surface area contributed by atoms with Gasteiger partial charge in [-0.3, -0.25) is 4.72 Å². The Morgan fingerprint density at radius 1 is 0.926 bits per heavy atom. The summed E-state index contributed by atoms with van der Waals surface area (Å²) in [5, 5.41) is 2.16. The van der Waals surface area contributed by atoms with Crippen molar-refractivity contribution in [2.75, 3.05) is 4.72 Å². The highest BCUT2D eigenvalue weighted by atomic mass is 32.2. The summed E-state index contributed by atoms with van der Waals surface area (Å²) in [4.78, 5) is 4.38. The summed E-state index contributed by atoms with van der Waals surface area (Å²) in [6, 6.07) is 7.29. The van der Waals surface area contributed by atoms with Crippen molar-refractivity contribution in [2.45, 2.75) is 82.4 Å². The fourth-order valence-electron chi connectivity index (χ4n) is 3.22. The SMILES string of the molecule is CCCCCCCCCCCCc1ccccc1S(=O)(=O)Nc1nccs1. The maximum Gasteiger partial charge on any atom is 0.263 e. The Labute approximate surface area is 168 Å². The lowest BCUT2D eigenvalue weighted by atomic mass is 10.0. The van der Waals surface area contributed by atoms with E-state index in [0.717, 1.165) is 24.8 Å². The highest BCUT2D eigenvalue weighted by Gasteiger charge is 2.18. The first-order valence-electron chi connectivity index (χ1n) is 10.1. The van der Waals surface area contributed by atoms with E-state index >= 15 is 0 Å². The van der Waals surface area contributed by atoms with Crippen molar-refractivity contribution < 1.29 is 8.42 Å². The van der Waals surface area contributed by atoms with Gasteiger partial charge in [0.1, 0.15) is 0 Å². The van der Waals surface area contributed by atoms with Crippen LogP contribution < -0.4 is 4.72 Å². The smallest absolute Gasteiger partial charge is 0.255 e. The number of aromatic nitrogens is 1. The molecule has 1 aromatic heterocycles. The van der Waals surface area contributed by atoms with E-state index in [-0.39, 0.29) is 0 Å². The Kier molecular flexibility index (Phi) is 9.84. The van der Waals surface area contributed by atoms with Crippen LogP contribution in [-0.4, -0.2) is 13.4 Å². The van der Waals surface area contributed by atoms with Gasteiger partial charge in [-0.2, -0.15) is 0 Å². The molecule has 0 fully saturated rings. The Hall–Kier alpha value is -1.40. The Balaban J connectivity index is 1.74. The molecular weight excluding hydrogens is 376 g/mol. The second-order valence-electron chi connectivity index (χ2n) is 6.98. The monoisotopic (exact) mass is 408 g/mol. The summed E-state index contributed by atoms with van der Waals surface area (Å²) < 4.78 is 27.9. The minimum atomic E-state index is -3.58. The fourth-order valence-corrected chi connectivity index (χ4v) is 5.28. The molecule has 2 aromatic rings. The van der Waals surface area contributed by atoms with Crippen molar-refractivity contribution in [3.8, 4) is 0 Å². The van der Waals surface area contributed by atoms with Gasteiger partial charge >= 0.3 is 0 Å². The highest BCUT2D eigenvalue weighted by Crippen LogP contribution is 2.22. The summed E-state index contributed by atoms with van der Waals surface area (Å²) >= 11 is 1.28. The first-order valence-corrected chi connectivity index (χ1v) is 12.5. The average molecular weight is 409 g/mol. The van der Waals surface area contributed by atoms with Gasteiger partial charge in [0, 0.05) is 11.6 Å². The van der Waals surface area contributed by atoms with Crippen molar-refractivity contribution in [3.63, 3.8) is 0 Å². The van der Waals surface area contributed by atoms with E-state index in [1.807, 2.05) is 12.1 Å². The number of sulfonamides is 1. The van der Waals surface area contributed by atoms with Gasteiger partial charge in [0.05, 0.1) is 4.90 Å². The molecule has 0 aliphatic rings. The second kappa shape index (κ2) is 12.1. The Morgan fingerprint density at radius 3 is 2.19 bits per heavy atom. The van der Waals surface area contributed by atoms with E-state index < -0.39 is 10.0 Å². The third-order valence-corrected chi connectivity index (χ3v) is 6.97. The van der Waals surface area contributed by atoms with E-state index in [1.54, 1.807) is 23.7 Å².